The van der Waals surface area contributed by atoms with Crippen LogP contribution in [0.4, 0.5) is 0 Å². The molecule has 0 amide bonds. The van der Waals surface area contributed by atoms with Gasteiger partial charge in [-0.15, -0.1) is 11.8 Å². The van der Waals surface area contributed by atoms with Crippen molar-refractivity contribution in [1.29, 1.82) is 0 Å². The summed E-state index contributed by atoms with van der Waals surface area (Å²) in [5, 5.41) is 21.0. The first-order chi connectivity index (χ1) is 16.7. The monoisotopic (exact) mass is 585 g/mol. The van der Waals surface area contributed by atoms with Crippen LogP contribution in [-0.2, 0) is 27.2 Å². The summed E-state index contributed by atoms with van der Waals surface area (Å²) in [4.78, 5) is 23.9. The number of aromatic hydroxyl groups is 1. The molecule has 0 heterocycles. The molecule has 0 unspecified atom stereocenters. The van der Waals surface area contributed by atoms with Crippen LogP contribution in [0.25, 0.3) is 0 Å². The number of hydrogen-bond donors (Lipinski definition) is 3. The lowest BCUT2D eigenvalue weighted by atomic mass is 10.1. The zero-order valence-corrected chi connectivity index (χ0v) is 26.1. The largest absolute Gasteiger partial charge is 0.508 e. The topological polar surface area (TPSA) is 105 Å². The van der Waals surface area contributed by atoms with Gasteiger partial charge < -0.3 is 25.0 Å². The minimum atomic E-state index is -1.02. The molecular weight excluding hydrogens is 543 g/mol. The van der Waals surface area contributed by atoms with Crippen molar-refractivity contribution in [2.24, 2.45) is 0 Å². The highest BCUT2D eigenvalue weighted by Crippen LogP contribution is 2.37. The van der Waals surface area contributed by atoms with E-state index in [9.17, 15) is 9.59 Å². The Hall–Kier alpha value is -2.01. The molecule has 0 spiro atoms. The maximum Gasteiger partial charge on any atom is 0.344 e. The predicted molar refractivity (Wildman–Crippen MR) is 164 cm³/mol. The number of thioether (sulfide) groups is 1. The van der Waals surface area contributed by atoms with E-state index in [0.717, 1.165) is 24.3 Å². The number of carbonyl (C=O) groups excluding carboxylic acids is 1. The average molecular weight is 586 g/mol. The fourth-order valence-electron chi connectivity index (χ4n) is 3.61. The Morgan fingerprint density at radius 3 is 2.13 bits per heavy atom. The molecule has 1 aliphatic rings. The minimum Gasteiger partial charge on any atom is -0.508 e. The van der Waals surface area contributed by atoms with Gasteiger partial charge in [0.05, 0.1) is 0 Å². The van der Waals surface area contributed by atoms with Crippen molar-refractivity contribution in [2.45, 2.75) is 88.7 Å². The third kappa shape index (κ3) is 11.8. The van der Waals surface area contributed by atoms with Crippen LogP contribution >= 0.6 is 38.8 Å². The molecule has 10 heteroatoms. The smallest absolute Gasteiger partial charge is 0.344 e. The number of nitrogens with one attached hydrogen (secondary N) is 1. The maximum atomic E-state index is 12.4. The van der Waals surface area contributed by atoms with Gasteiger partial charge in [-0.1, -0.05) is 13.0 Å². The Bertz CT molecular complexity index is 1040. The zero-order valence-electron chi connectivity index (χ0n) is 23.3. The van der Waals surface area contributed by atoms with Crippen LogP contribution in [0.5, 0.6) is 11.5 Å². The summed E-state index contributed by atoms with van der Waals surface area (Å²) in [7, 11) is 0. The zero-order chi connectivity index (χ0) is 27.1. The Morgan fingerprint density at radius 1 is 1.03 bits per heavy atom. The van der Waals surface area contributed by atoms with Gasteiger partial charge in [-0.3, -0.25) is 4.79 Å². The van der Waals surface area contributed by atoms with Gasteiger partial charge in [0, 0.05) is 10.9 Å². The normalized spacial score (nSPS) is 15.0. The number of ether oxygens (including phenoxy) is 2. The molecule has 2 aromatic rings. The van der Waals surface area contributed by atoms with Crippen LogP contribution in [0.15, 0.2) is 47.4 Å². The van der Waals surface area contributed by atoms with Gasteiger partial charge in [0.25, 0.3) is 0 Å². The van der Waals surface area contributed by atoms with Crippen LogP contribution < -0.4 is 10.1 Å². The van der Waals surface area contributed by atoms with Gasteiger partial charge in [0.1, 0.15) is 21.8 Å². The molecule has 0 bridgehead atoms. The second-order valence-corrected chi connectivity index (χ2v) is 12.0. The lowest BCUT2D eigenvalue weighted by molar-refractivity contribution is -0.156. The Balaban J connectivity index is 0.000000784. The molecule has 3 rings (SSSR count). The van der Waals surface area contributed by atoms with E-state index in [0.29, 0.717) is 11.8 Å². The Morgan fingerprint density at radius 2 is 1.61 bits per heavy atom. The van der Waals surface area contributed by atoms with E-state index in [1.54, 1.807) is 11.8 Å². The van der Waals surface area contributed by atoms with Gasteiger partial charge in [0.15, 0.2) is 6.10 Å². The van der Waals surface area contributed by atoms with E-state index < -0.39 is 22.4 Å². The highest BCUT2D eigenvalue weighted by atomic mass is 32.2. The van der Waals surface area contributed by atoms with Gasteiger partial charge in [-0.2, -0.15) is 27.0 Å². The molecule has 0 fully saturated rings. The summed E-state index contributed by atoms with van der Waals surface area (Å²) >= 11 is 1.58. The second kappa shape index (κ2) is 15.5. The molecule has 0 radical (unpaired) electrons. The first kappa shape index (κ1) is 36.0. The molecule has 214 valence electrons. The first-order valence-electron chi connectivity index (χ1n) is 12.2. The fraction of sp³-hybridized carbons (Fsp3) is 0.500. The molecule has 7 nitrogen and oxygen atoms in total. The van der Waals surface area contributed by atoms with E-state index in [2.05, 4.69) is 30.4 Å². The van der Waals surface area contributed by atoms with Gasteiger partial charge in [0.2, 0.25) is 0 Å². The molecular formula is C28H43NO6S3. The SMILES string of the molecule is CCN[C@H]1Cc2ccc(SC(C)(C)C(=O)OC(C)(C)C)cc2C1.C[C@H](Oc1ccc(O)cc1)C(=O)O.S.S. The predicted octanol–water partition coefficient (Wildman–Crippen LogP) is 5.45. The molecule has 0 aliphatic heterocycles. The maximum absolute atomic E-state index is 12.4. The number of aliphatic carboxylic acids is 1. The number of likely N-dealkylation sites (N-methyl/N-ethyl adjacent to an activating group) is 1. The van der Waals surface area contributed by atoms with E-state index in [-0.39, 0.29) is 38.7 Å². The highest BCUT2D eigenvalue weighted by molar-refractivity contribution is 8.01. The van der Waals surface area contributed by atoms with E-state index in [1.807, 2.05) is 34.6 Å². The van der Waals surface area contributed by atoms with Crippen LogP contribution in [0.1, 0.15) is 59.6 Å². The summed E-state index contributed by atoms with van der Waals surface area (Å²) < 4.78 is 9.97. The summed E-state index contributed by atoms with van der Waals surface area (Å²) in [6.07, 6.45) is 1.29. The molecule has 3 N–H and O–H groups in total. The summed E-state index contributed by atoms with van der Waals surface area (Å²) in [6.45, 7) is 14.2. The van der Waals surface area contributed by atoms with Crippen molar-refractivity contribution in [3.63, 3.8) is 0 Å². The fourth-order valence-corrected chi connectivity index (χ4v) is 4.66. The number of fused-ring (bicyclic) bond motifs is 1. The number of hydrogen-bond acceptors (Lipinski definition) is 7. The third-order valence-electron chi connectivity index (χ3n) is 5.36. The summed E-state index contributed by atoms with van der Waals surface area (Å²) in [6, 6.07) is 13.0. The standard InChI is InChI=1S/C19H29NO2S.C9H10O4.2H2S/c1-7-20-15-10-13-8-9-16(12-14(13)11-15)23-19(5,6)17(21)22-18(2,3)4;1-6(9(11)12)13-8-4-2-7(10)3-5-8;;/h8-9,12,15,20H,7,10-11H2,1-6H3;2-6,10H,1H3,(H,11,12);2*1H2/t15-;6-;;/m00../s1. The lowest BCUT2D eigenvalue weighted by Crippen LogP contribution is -2.36. The average Bonchev–Trinajstić information content (AvgIpc) is 3.16. The van der Waals surface area contributed by atoms with Crippen molar-refractivity contribution in [3.8, 4) is 11.5 Å². The van der Waals surface area contributed by atoms with Crippen LogP contribution in [0.3, 0.4) is 0 Å². The van der Waals surface area contributed by atoms with Gasteiger partial charge in [-0.05, 0) is 108 Å². The van der Waals surface area contributed by atoms with Gasteiger partial charge in [-0.25, -0.2) is 4.79 Å². The van der Waals surface area contributed by atoms with Crippen molar-refractivity contribution >= 4 is 50.7 Å². The minimum absolute atomic E-state index is 0. The number of carboxylic acid groups (broad SMARTS) is 1. The van der Waals surface area contributed by atoms with Gasteiger partial charge >= 0.3 is 11.9 Å². The van der Waals surface area contributed by atoms with Crippen molar-refractivity contribution in [2.75, 3.05) is 6.54 Å². The quantitative estimate of drug-likeness (QED) is 0.278. The van der Waals surface area contributed by atoms with Crippen molar-refractivity contribution < 1.29 is 29.3 Å². The number of phenols is 1. The number of rotatable bonds is 8. The third-order valence-corrected chi connectivity index (χ3v) is 6.53. The van der Waals surface area contributed by atoms with Crippen LogP contribution in [0, 0.1) is 0 Å². The van der Waals surface area contributed by atoms with E-state index >= 15 is 0 Å². The Kier molecular flexibility index (Phi) is 14.7. The van der Waals surface area contributed by atoms with E-state index in [1.165, 1.54) is 42.3 Å². The molecule has 38 heavy (non-hydrogen) atoms. The molecule has 2 atom stereocenters. The Labute approximate surface area is 245 Å². The lowest BCUT2D eigenvalue weighted by Gasteiger charge is -2.28. The van der Waals surface area contributed by atoms with Crippen molar-refractivity contribution in [3.05, 3.63) is 53.6 Å². The molecule has 2 aromatic carbocycles. The molecule has 0 aromatic heterocycles. The van der Waals surface area contributed by atoms with Crippen LogP contribution in [0.2, 0.25) is 0 Å². The first-order valence-corrected chi connectivity index (χ1v) is 13.0. The molecule has 0 saturated heterocycles. The number of carboxylic acids is 1. The number of carbonyl (C=O) groups is 2. The number of esters is 1. The number of phenolic OH excluding ortho intramolecular Hbond substituents is 1. The molecule has 0 saturated carbocycles. The molecule has 1 aliphatic carbocycles. The second-order valence-electron chi connectivity index (χ2n) is 10.3. The van der Waals surface area contributed by atoms with E-state index in [4.69, 9.17) is 19.7 Å². The van der Waals surface area contributed by atoms with Crippen LogP contribution in [-0.4, -0.2) is 51.2 Å². The van der Waals surface area contributed by atoms with Crippen molar-refractivity contribution in [1.82, 2.24) is 5.32 Å². The summed E-state index contributed by atoms with van der Waals surface area (Å²) in [5.74, 6) is -0.642. The highest BCUT2D eigenvalue weighted by Gasteiger charge is 2.34. The number of benzene rings is 2. The summed E-state index contributed by atoms with van der Waals surface area (Å²) in [5.41, 5.74) is 2.38.